The first-order valence-electron chi connectivity index (χ1n) is 6.10. The third-order valence-corrected chi connectivity index (χ3v) is 2.55. The van der Waals surface area contributed by atoms with Gasteiger partial charge in [0.15, 0.2) is 11.6 Å². The van der Waals surface area contributed by atoms with Crippen LogP contribution in [0.4, 0.5) is 25.8 Å². The Morgan fingerprint density at radius 1 is 1.16 bits per heavy atom. The molecular formula is C14H15F2N3. The standard InChI is InChI=1S/C14H15F2N3/c1-2-6-18-10-7-11(9-17-8-10)19-13-5-3-4-12(15)14(13)16/h3-5,7-9,18-19H,2,6H2,1H3. The van der Waals surface area contributed by atoms with Gasteiger partial charge in [0.25, 0.3) is 0 Å². The quantitative estimate of drug-likeness (QED) is 0.858. The normalized spacial score (nSPS) is 10.3. The van der Waals surface area contributed by atoms with Crippen LogP contribution in [-0.2, 0) is 0 Å². The van der Waals surface area contributed by atoms with Crippen molar-refractivity contribution in [2.24, 2.45) is 0 Å². The molecule has 100 valence electrons. The number of aromatic nitrogens is 1. The second-order valence-corrected chi connectivity index (χ2v) is 4.12. The first-order valence-corrected chi connectivity index (χ1v) is 6.10. The minimum absolute atomic E-state index is 0.0921. The van der Waals surface area contributed by atoms with E-state index in [0.29, 0.717) is 5.69 Å². The zero-order chi connectivity index (χ0) is 13.7. The number of hydrogen-bond acceptors (Lipinski definition) is 3. The molecule has 0 atom stereocenters. The Bertz CT molecular complexity index is 558. The van der Waals surface area contributed by atoms with Gasteiger partial charge in [0.05, 0.1) is 29.5 Å². The smallest absolute Gasteiger partial charge is 0.182 e. The molecule has 0 aliphatic heterocycles. The predicted octanol–water partition coefficient (Wildman–Crippen LogP) is 3.93. The van der Waals surface area contributed by atoms with Crippen LogP contribution in [0.25, 0.3) is 0 Å². The van der Waals surface area contributed by atoms with Gasteiger partial charge in [0.1, 0.15) is 0 Å². The Balaban J connectivity index is 2.16. The van der Waals surface area contributed by atoms with Crippen LogP contribution in [0.3, 0.4) is 0 Å². The van der Waals surface area contributed by atoms with Crippen LogP contribution >= 0.6 is 0 Å². The van der Waals surface area contributed by atoms with E-state index >= 15 is 0 Å². The third kappa shape index (κ3) is 3.40. The monoisotopic (exact) mass is 263 g/mol. The number of benzene rings is 1. The molecule has 19 heavy (non-hydrogen) atoms. The summed E-state index contributed by atoms with van der Waals surface area (Å²) in [5.41, 5.74) is 1.53. The Morgan fingerprint density at radius 2 is 1.95 bits per heavy atom. The Kier molecular flexibility index (Phi) is 4.28. The van der Waals surface area contributed by atoms with Crippen molar-refractivity contribution in [3.05, 3.63) is 48.3 Å². The van der Waals surface area contributed by atoms with Gasteiger partial charge in [-0.1, -0.05) is 13.0 Å². The number of nitrogens with zero attached hydrogens (tertiary/aromatic N) is 1. The average molecular weight is 263 g/mol. The summed E-state index contributed by atoms with van der Waals surface area (Å²) < 4.78 is 26.6. The number of hydrogen-bond donors (Lipinski definition) is 2. The highest BCUT2D eigenvalue weighted by atomic mass is 19.2. The van der Waals surface area contributed by atoms with Gasteiger partial charge in [0, 0.05) is 6.54 Å². The number of anilines is 3. The number of pyridine rings is 1. The van der Waals surface area contributed by atoms with Crippen molar-refractivity contribution in [3.63, 3.8) is 0 Å². The lowest BCUT2D eigenvalue weighted by atomic mass is 10.2. The molecule has 0 saturated heterocycles. The van der Waals surface area contributed by atoms with E-state index in [1.807, 2.05) is 0 Å². The molecule has 2 rings (SSSR count). The maximum absolute atomic E-state index is 13.5. The molecular weight excluding hydrogens is 248 g/mol. The van der Waals surface area contributed by atoms with E-state index in [4.69, 9.17) is 0 Å². The Labute approximate surface area is 110 Å². The molecule has 1 aromatic heterocycles. The number of rotatable bonds is 5. The molecule has 0 spiro atoms. The van der Waals surface area contributed by atoms with E-state index in [0.717, 1.165) is 24.7 Å². The first kappa shape index (κ1) is 13.3. The molecule has 0 fully saturated rings. The molecule has 3 nitrogen and oxygen atoms in total. The predicted molar refractivity (Wildman–Crippen MR) is 72.7 cm³/mol. The van der Waals surface area contributed by atoms with Gasteiger partial charge < -0.3 is 10.6 Å². The molecule has 0 unspecified atom stereocenters. The van der Waals surface area contributed by atoms with Crippen molar-refractivity contribution in [3.8, 4) is 0 Å². The fourth-order valence-corrected chi connectivity index (χ4v) is 1.63. The Morgan fingerprint density at radius 3 is 2.74 bits per heavy atom. The molecule has 0 aliphatic rings. The van der Waals surface area contributed by atoms with E-state index in [1.54, 1.807) is 18.5 Å². The molecule has 1 heterocycles. The SMILES string of the molecule is CCCNc1cncc(Nc2cccc(F)c2F)c1. The molecule has 1 aromatic carbocycles. The highest BCUT2D eigenvalue weighted by Crippen LogP contribution is 2.22. The van der Waals surface area contributed by atoms with Gasteiger partial charge in [-0.15, -0.1) is 0 Å². The van der Waals surface area contributed by atoms with Crippen molar-refractivity contribution in [1.29, 1.82) is 0 Å². The Hall–Kier alpha value is -2.17. The minimum Gasteiger partial charge on any atom is -0.384 e. The third-order valence-electron chi connectivity index (χ3n) is 2.55. The van der Waals surface area contributed by atoms with Gasteiger partial charge in [-0.05, 0) is 24.6 Å². The van der Waals surface area contributed by atoms with Crippen molar-refractivity contribution in [2.45, 2.75) is 13.3 Å². The van der Waals surface area contributed by atoms with Crippen molar-refractivity contribution >= 4 is 17.1 Å². The zero-order valence-corrected chi connectivity index (χ0v) is 10.6. The van der Waals surface area contributed by atoms with Gasteiger partial charge in [-0.3, -0.25) is 4.98 Å². The van der Waals surface area contributed by atoms with Gasteiger partial charge in [-0.2, -0.15) is 0 Å². The second-order valence-electron chi connectivity index (χ2n) is 4.12. The maximum atomic E-state index is 13.5. The van der Waals surface area contributed by atoms with Crippen molar-refractivity contribution < 1.29 is 8.78 Å². The van der Waals surface area contributed by atoms with Crippen molar-refractivity contribution in [1.82, 2.24) is 4.98 Å². The fraction of sp³-hybridized carbons (Fsp3) is 0.214. The summed E-state index contributed by atoms with van der Waals surface area (Å²) in [4.78, 5) is 4.04. The molecule has 0 radical (unpaired) electrons. The lowest BCUT2D eigenvalue weighted by Crippen LogP contribution is -2.01. The van der Waals surface area contributed by atoms with Crippen LogP contribution < -0.4 is 10.6 Å². The average Bonchev–Trinajstić information content (AvgIpc) is 2.42. The van der Waals surface area contributed by atoms with E-state index in [1.165, 1.54) is 12.1 Å². The molecule has 0 amide bonds. The van der Waals surface area contributed by atoms with Crippen LogP contribution in [-0.4, -0.2) is 11.5 Å². The summed E-state index contributed by atoms with van der Waals surface area (Å²) in [6.45, 7) is 2.89. The largest absolute Gasteiger partial charge is 0.384 e. The number of nitrogens with one attached hydrogen (secondary N) is 2. The van der Waals surface area contributed by atoms with Gasteiger partial charge >= 0.3 is 0 Å². The van der Waals surface area contributed by atoms with Gasteiger partial charge in [-0.25, -0.2) is 8.78 Å². The molecule has 0 saturated carbocycles. The summed E-state index contributed by atoms with van der Waals surface area (Å²) in [7, 11) is 0. The summed E-state index contributed by atoms with van der Waals surface area (Å²) in [5.74, 6) is -1.77. The first-order chi connectivity index (χ1) is 9.20. The lowest BCUT2D eigenvalue weighted by Gasteiger charge is -2.10. The summed E-state index contributed by atoms with van der Waals surface area (Å²) in [6, 6.07) is 5.81. The second kappa shape index (κ2) is 6.13. The minimum atomic E-state index is -0.894. The van der Waals surface area contributed by atoms with Crippen LogP contribution in [0, 0.1) is 11.6 Å². The fourth-order valence-electron chi connectivity index (χ4n) is 1.63. The molecule has 5 heteroatoms. The van der Waals surface area contributed by atoms with E-state index in [9.17, 15) is 8.78 Å². The lowest BCUT2D eigenvalue weighted by molar-refractivity contribution is 0.512. The molecule has 0 bridgehead atoms. The van der Waals surface area contributed by atoms with Crippen LogP contribution in [0.1, 0.15) is 13.3 Å². The van der Waals surface area contributed by atoms with Gasteiger partial charge in [0.2, 0.25) is 0 Å². The summed E-state index contributed by atoms with van der Waals surface area (Å²) >= 11 is 0. The highest BCUT2D eigenvalue weighted by molar-refractivity contribution is 5.63. The van der Waals surface area contributed by atoms with E-state index in [2.05, 4.69) is 22.5 Å². The molecule has 2 N–H and O–H groups in total. The topological polar surface area (TPSA) is 37.0 Å². The molecule has 0 aliphatic carbocycles. The van der Waals surface area contributed by atoms with Crippen LogP contribution in [0.2, 0.25) is 0 Å². The van der Waals surface area contributed by atoms with Crippen molar-refractivity contribution in [2.75, 3.05) is 17.2 Å². The van der Waals surface area contributed by atoms with E-state index < -0.39 is 11.6 Å². The zero-order valence-electron chi connectivity index (χ0n) is 10.6. The van der Waals surface area contributed by atoms with Crippen LogP contribution in [0.5, 0.6) is 0 Å². The van der Waals surface area contributed by atoms with Crippen LogP contribution in [0.15, 0.2) is 36.7 Å². The molecule has 2 aromatic rings. The maximum Gasteiger partial charge on any atom is 0.182 e. The number of halogens is 2. The highest BCUT2D eigenvalue weighted by Gasteiger charge is 2.07. The van der Waals surface area contributed by atoms with E-state index in [-0.39, 0.29) is 5.69 Å². The summed E-state index contributed by atoms with van der Waals surface area (Å²) in [6.07, 6.45) is 4.24. The summed E-state index contributed by atoms with van der Waals surface area (Å²) in [5, 5.41) is 5.99.